The Morgan fingerprint density at radius 2 is 1.76 bits per heavy atom. The van der Waals surface area contributed by atoms with Gasteiger partial charge in [0.05, 0.1) is 34.6 Å². The molecule has 3 atom stereocenters. The zero-order valence-electron chi connectivity index (χ0n) is 29.5. The Morgan fingerprint density at radius 1 is 1.05 bits per heavy atom. The van der Waals surface area contributed by atoms with Crippen LogP contribution in [0.2, 0.25) is 0 Å². The first-order valence-electron chi connectivity index (χ1n) is 16.0. The highest BCUT2D eigenvalue weighted by atomic mass is 35.5. The van der Waals surface area contributed by atoms with E-state index < -0.39 is 64.6 Å². The van der Waals surface area contributed by atoms with E-state index in [9.17, 15) is 27.9 Å². The molecule has 0 aliphatic carbocycles. The molecule has 1 unspecified atom stereocenters. The second-order valence-electron chi connectivity index (χ2n) is 12.5. The number of anilines is 1. The number of aliphatic imine (C=N–C) groups is 1. The number of hydrogen-bond acceptors (Lipinski definition) is 11. The lowest BCUT2D eigenvalue weighted by atomic mass is 9.81. The zero-order chi connectivity index (χ0) is 38.3. The second-order valence-corrected chi connectivity index (χ2v) is 13.4. The van der Waals surface area contributed by atoms with Crippen LogP contribution in [0, 0.1) is 34.6 Å². The molecule has 5 rings (SSSR count). The number of benzene rings is 3. The minimum absolute atomic E-state index is 0. The van der Waals surface area contributed by atoms with E-state index in [2.05, 4.69) is 26.5 Å². The molecule has 0 saturated carbocycles. The standard InChI is InChI=1S/C36H33F4N7O5S.2ClH/c1-22(34-44-32(18-53-34)24-6-4-23(15-41)5-7-24)36(50,27-13-26(37)8-9-28(27)38)19-47(21-42-20-43-47)10-11-51-35(49)45-31-14-30(40)29(39)12-25(31)17-52-33(48)16-46(2)3;;/h4-9,12-14,18,20-22,50H,10-11,16-17,19H2,1-3H3;2*1H/t22-,36+,47?;;/m0../s1. The predicted octanol–water partition coefficient (Wildman–Crippen LogP) is 3.31. The quantitative estimate of drug-likeness (QED) is 0.112. The van der Waals surface area contributed by atoms with Crippen LogP contribution in [0.3, 0.4) is 0 Å². The van der Waals surface area contributed by atoms with Crippen molar-refractivity contribution in [2.24, 2.45) is 10.1 Å². The average molecular weight is 825 g/mol. The van der Waals surface area contributed by atoms with Crippen LogP contribution < -0.4 is 17.7 Å². The second kappa shape index (κ2) is 19.1. The van der Waals surface area contributed by atoms with Crippen molar-refractivity contribution < 1.29 is 58.7 Å². The number of nitriles is 1. The Morgan fingerprint density at radius 3 is 2.42 bits per heavy atom. The van der Waals surface area contributed by atoms with Crippen LogP contribution in [-0.4, -0.2) is 84.7 Å². The van der Waals surface area contributed by atoms with Crippen molar-refractivity contribution in [2.45, 2.75) is 25.0 Å². The molecule has 12 nitrogen and oxygen atoms in total. The Bertz CT molecular complexity index is 2090. The summed E-state index contributed by atoms with van der Waals surface area (Å²) in [6.45, 7) is 0.148. The average Bonchev–Trinajstić information content (AvgIpc) is 3.80. The molecule has 19 heteroatoms. The number of carbonyl (C=O) groups is 2. The highest BCUT2D eigenvalue weighted by Gasteiger charge is 2.49. The predicted molar refractivity (Wildman–Crippen MR) is 195 cm³/mol. The number of aromatic nitrogens is 1. The van der Waals surface area contributed by atoms with Gasteiger partial charge in [-0.2, -0.15) is 10.3 Å². The van der Waals surface area contributed by atoms with Gasteiger partial charge in [0, 0.05) is 34.1 Å². The lowest BCUT2D eigenvalue weighted by molar-refractivity contribution is -0.848. The number of hydrogen-bond donors (Lipinski definition) is 2. The lowest BCUT2D eigenvalue weighted by Crippen LogP contribution is -3.00. The van der Waals surface area contributed by atoms with Gasteiger partial charge >= 0.3 is 12.1 Å². The smallest absolute Gasteiger partial charge is 0.411 e. The minimum Gasteiger partial charge on any atom is -1.00 e. The topological polar surface area (TPSA) is 150 Å². The Balaban J connectivity index is 0.00000406. The number of nitrogens with zero attached hydrogens (tertiary/aromatic N) is 6. The molecule has 1 aliphatic heterocycles. The van der Waals surface area contributed by atoms with Gasteiger partial charge in [0.25, 0.3) is 0 Å². The third kappa shape index (κ3) is 10.8. The zero-order valence-corrected chi connectivity index (χ0v) is 31.9. The van der Waals surface area contributed by atoms with Crippen molar-refractivity contribution in [3.05, 3.63) is 105 Å². The summed E-state index contributed by atoms with van der Waals surface area (Å²) in [5, 5.41) is 30.4. The number of ether oxygens (including phenoxy) is 2. The maximum Gasteiger partial charge on any atom is 0.411 e. The number of likely N-dealkylation sites (N-methyl/N-ethyl adjacent to an activating group) is 1. The molecule has 2 N–H and O–H groups in total. The number of thiazole rings is 1. The Kier molecular flexibility index (Phi) is 15.4. The number of esters is 1. The van der Waals surface area contributed by atoms with Crippen LogP contribution in [0.25, 0.3) is 11.3 Å². The van der Waals surface area contributed by atoms with Gasteiger partial charge < -0.3 is 27.0 Å². The van der Waals surface area contributed by atoms with Gasteiger partial charge in [-0.1, -0.05) is 24.2 Å². The molecule has 4 aromatic rings. The Labute approximate surface area is 330 Å². The normalized spacial score (nSPS) is 16.0. The third-order valence-corrected chi connectivity index (χ3v) is 9.41. The van der Waals surface area contributed by atoms with E-state index in [1.165, 1.54) is 24.0 Å². The van der Waals surface area contributed by atoms with Gasteiger partial charge in [0.15, 0.2) is 23.6 Å². The molecule has 0 bridgehead atoms. The first-order valence-corrected chi connectivity index (χ1v) is 16.9. The maximum atomic E-state index is 15.5. The van der Waals surface area contributed by atoms with E-state index in [0.29, 0.717) is 21.8 Å². The number of halogens is 6. The SMILES string of the molecule is C[C@@H](c1nc(-c2ccc(C#N)cc2)cs1)[C@](O)(C[N+]1(CCOC(=O)Nc2cc(F)c(F)cc2COC(=O)CN(C)C)C=NC=N1)c1cc(F)ccc1F.Cl.[Cl-]. The number of carbonyl (C=O) groups excluding carboxylic acids is 2. The molecule has 1 aliphatic rings. The van der Waals surface area contributed by atoms with Gasteiger partial charge in [-0.25, -0.2) is 27.3 Å². The first-order chi connectivity index (χ1) is 25.2. The first kappa shape index (κ1) is 44.4. The third-order valence-electron chi connectivity index (χ3n) is 8.39. The van der Waals surface area contributed by atoms with Crippen LogP contribution in [0.4, 0.5) is 28.0 Å². The van der Waals surface area contributed by atoms with E-state index in [4.69, 9.17) is 14.7 Å². The van der Waals surface area contributed by atoms with Crippen LogP contribution in [-0.2, 0) is 26.5 Å². The number of nitrogens with one attached hydrogen (secondary N) is 1. The maximum absolute atomic E-state index is 15.5. The molecule has 0 radical (unpaired) electrons. The number of rotatable bonds is 14. The molecular formula is C36H35Cl2F4N7O5S. The van der Waals surface area contributed by atoms with Crippen LogP contribution in [0.15, 0.2) is 70.1 Å². The van der Waals surface area contributed by atoms with Crippen molar-refractivity contribution in [3.8, 4) is 17.3 Å². The molecule has 1 amide bonds. The van der Waals surface area contributed by atoms with E-state index in [1.807, 2.05) is 0 Å². The molecular weight excluding hydrogens is 789 g/mol. The van der Waals surface area contributed by atoms with Crippen molar-refractivity contribution in [1.82, 2.24) is 9.88 Å². The molecule has 0 spiro atoms. The minimum atomic E-state index is -2.16. The summed E-state index contributed by atoms with van der Waals surface area (Å²) in [4.78, 5) is 35.1. The summed E-state index contributed by atoms with van der Waals surface area (Å²) < 4.78 is 68.2. The van der Waals surface area contributed by atoms with Crippen LogP contribution in [0.1, 0.15) is 34.5 Å². The van der Waals surface area contributed by atoms with E-state index >= 15 is 4.39 Å². The molecule has 292 valence electrons. The number of amides is 1. The summed E-state index contributed by atoms with van der Waals surface area (Å²) >= 11 is 1.20. The highest BCUT2D eigenvalue weighted by Crippen LogP contribution is 2.42. The summed E-state index contributed by atoms with van der Waals surface area (Å²) in [7, 11) is 3.29. The largest absolute Gasteiger partial charge is 1.00 e. The summed E-state index contributed by atoms with van der Waals surface area (Å²) in [5.41, 5.74) is -1.04. The summed E-state index contributed by atoms with van der Waals surface area (Å²) in [5.74, 6) is -5.74. The fraction of sp³-hybridized carbons (Fsp3) is 0.278. The van der Waals surface area contributed by atoms with Crippen molar-refractivity contribution in [1.29, 1.82) is 5.26 Å². The summed E-state index contributed by atoms with van der Waals surface area (Å²) in [6.07, 6.45) is 1.47. The van der Waals surface area contributed by atoms with Gasteiger partial charge in [0.1, 0.15) is 37.9 Å². The van der Waals surface area contributed by atoms with Crippen molar-refractivity contribution in [2.75, 3.05) is 45.7 Å². The van der Waals surface area contributed by atoms with Gasteiger partial charge in [0.2, 0.25) is 6.34 Å². The van der Waals surface area contributed by atoms with Gasteiger partial charge in [-0.15, -0.1) is 28.3 Å². The molecule has 2 heterocycles. The molecule has 3 aromatic carbocycles. The monoisotopic (exact) mass is 823 g/mol. The fourth-order valence-electron chi connectivity index (χ4n) is 5.56. The molecule has 0 saturated heterocycles. The molecule has 0 fully saturated rings. The number of aliphatic hydroxyl groups is 1. The van der Waals surface area contributed by atoms with Gasteiger partial charge in [-0.05, 0) is 50.5 Å². The van der Waals surface area contributed by atoms with Crippen LogP contribution in [0.5, 0.6) is 0 Å². The van der Waals surface area contributed by atoms with Crippen LogP contribution >= 0.6 is 23.7 Å². The molecule has 1 aromatic heterocycles. The van der Waals surface area contributed by atoms with Crippen molar-refractivity contribution >= 4 is 54.2 Å². The lowest BCUT2D eigenvalue weighted by Gasteiger charge is -2.38. The van der Waals surface area contributed by atoms with Gasteiger partial charge in [-0.3, -0.25) is 15.0 Å². The van der Waals surface area contributed by atoms with E-state index in [0.717, 1.165) is 30.3 Å². The fourth-order valence-corrected chi connectivity index (χ4v) is 6.53. The highest BCUT2D eigenvalue weighted by molar-refractivity contribution is 7.10. The molecule has 55 heavy (non-hydrogen) atoms. The summed E-state index contributed by atoms with van der Waals surface area (Å²) in [6, 6.07) is 13.0. The van der Waals surface area contributed by atoms with E-state index in [-0.39, 0.29) is 61.3 Å². The van der Waals surface area contributed by atoms with E-state index in [1.54, 1.807) is 55.6 Å². The van der Waals surface area contributed by atoms with Crippen molar-refractivity contribution in [3.63, 3.8) is 0 Å². The number of quaternary nitrogens is 1. The Hall–Kier alpha value is -4.96.